The van der Waals surface area contributed by atoms with Gasteiger partial charge in [-0.1, -0.05) is 33.8 Å². The molecule has 0 aliphatic rings. The van der Waals surface area contributed by atoms with Gasteiger partial charge in [0.1, 0.15) is 22.2 Å². The van der Waals surface area contributed by atoms with E-state index in [1.807, 2.05) is 0 Å². The number of amides is 1. The van der Waals surface area contributed by atoms with Crippen LogP contribution in [0.3, 0.4) is 0 Å². The average molecular weight is 448 g/mol. The lowest BCUT2D eigenvalue weighted by atomic mass is 10.1. The molecule has 0 fully saturated rings. The van der Waals surface area contributed by atoms with Crippen molar-refractivity contribution in [3.63, 3.8) is 0 Å². The Bertz CT molecular complexity index is 912. The molecular weight excluding hydrogens is 438 g/mol. The first kappa shape index (κ1) is 20.2. The van der Waals surface area contributed by atoms with Crippen LogP contribution in [0.25, 0.3) is 0 Å². The second-order valence-corrected chi connectivity index (χ2v) is 7.18. The predicted molar refractivity (Wildman–Crippen MR) is 90.6 cm³/mol. The molecule has 0 radical (unpaired) electrons. The number of rotatable bonds is 4. The third-order valence-electron chi connectivity index (χ3n) is 3.26. The van der Waals surface area contributed by atoms with Gasteiger partial charge in [-0.25, -0.2) is 9.37 Å². The fourth-order valence-corrected chi connectivity index (χ4v) is 3.62. The molecule has 1 aromatic heterocycles. The Balaban J connectivity index is 2.59. The van der Waals surface area contributed by atoms with Crippen LogP contribution < -0.4 is 5.73 Å². The van der Waals surface area contributed by atoms with Crippen molar-refractivity contribution in [3.8, 4) is 6.07 Å². The number of carbonyl (C=O) groups is 1. The number of carbonyl (C=O) groups excluding carboxylic acids is 1. The molecule has 4 nitrogen and oxygen atoms in total. The highest BCUT2D eigenvalue weighted by Crippen LogP contribution is 2.41. The Morgan fingerprint density at radius 2 is 2.04 bits per heavy atom. The largest absolute Gasteiger partial charge is 0.417 e. The number of aromatic nitrogens is 1. The highest BCUT2D eigenvalue weighted by atomic mass is 79.9. The minimum atomic E-state index is -4.78. The second kappa shape index (κ2) is 7.63. The van der Waals surface area contributed by atoms with Crippen LogP contribution in [-0.4, -0.2) is 10.9 Å². The van der Waals surface area contributed by atoms with Gasteiger partial charge in [-0.2, -0.15) is 18.4 Å². The van der Waals surface area contributed by atoms with Gasteiger partial charge in [-0.15, -0.1) is 0 Å². The fourth-order valence-electron chi connectivity index (χ4n) is 2.16. The predicted octanol–water partition coefficient (Wildman–Crippen LogP) is 4.50. The minimum absolute atomic E-state index is 0.00155. The first-order valence-corrected chi connectivity index (χ1v) is 8.61. The van der Waals surface area contributed by atoms with Crippen LogP contribution >= 0.6 is 27.7 Å². The molecule has 10 heteroatoms. The number of thioether (sulfide) groups is 1. The molecule has 2 aromatic rings. The summed E-state index contributed by atoms with van der Waals surface area (Å²) in [5.74, 6) is -1.74. The highest BCUT2D eigenvalue weighted by molar-refractivity contribution is 9.10. The zero-order chi connectivity index (χ0) is 19.6. The number of primary amides is 1. The van der Waals surface area contributed by atoms with Crippen molar-refractivity contribution in [3.05, 3.63) is 56.9 Å². The number of halogens is 5. The summed E-state index contributed by atoms with van der Waals surface area (Å²) in [7, 11) is 0. The quantitative estimate of drug-likeness (QED) is 0.552. The standard InChI is InChI=1S/C16H10BrF4N3OS/c1-7-4-11(16(19,20)21)10(6-22)15(24-7)26-13(14(23)25)9-3-2-8(17)5-12(9)18/h2-5,13H,1H3,(H2,23,25)/t13-/m0/s1. The topological polar surface area (TPSA) is 79.8 Å². The van der Waals surface area contributed by atoms with E-state index in [4.69, 9.17) is 11.0 Å². The first-order chi connectivity index (χ1) is 12.0. The molecule has 1 atom stereocenters. The Morgan fingerprint density at radius 3 is 2.54 bits per heavy atom. The molecule has 1 heterocycles. The Hall–Kier alpha value is -2.12. The Kier molecular flexibility index (Phi) is 5.93. The lowest BCUT2D eigenvalue weighted by Crippen LogP contribution is -2.20. The summed E-state index contributed by atoms with van der Waals surface area (Å²) in [5.41, 5.74) is 3.27. The van der Waals surface area contributed by atoms with Crippen LogP contribution in [0, 0.1) is 24.1 Å². The van der Waals surface area contributed by atoms with E-state index < -0.39 is 34.3 Å². The van der Waals surface area contributed by atoms with Crippen molar-refractivity contribution in [2.45, 2.75) is 23.4 Å². The lowest BCUT2D eigenvalue weighted by Gasteiger charge is -2.17. The molecule has 136 valence electrons. The summed E-state index contributed by atoms with van der Waals surface area (Å²) in [6.45, 7) is 1.32. The van der Waals surface area contributed by atoms with Crippen LogP contribution in [0.15, 0.2) is 33.8 Å². The fraction of sp³-hybridized carbons (Fsp3) is 0.188. The normalized spacial score (nSPS) is 12.5. The van der Waals surface area contributed by atoms with Gasteiger partial charge in [0.05, 0.1) is 11.1 Å². The van der Waals surface area contributed by atoms with Crippen molar-refractivity contribution in [2.24, 2.45) is 5.73 Å². The molecule has 0 aliphatic heterocycles. The van der Waals surface area contributed by atoms with Crippen LogP contribution in [0.1, 0.15) is 27.6 Å². The average Bonchev–Trinajstić information content (AvgIpc) is 2.51. The SMILES string of the molecule is Cc1cc(C(F)(F)F)c(C#N)c(S[C@H](C(N)=O)c2ccc(Br)cc2F)n1. The van der Waals surface area contributed by atoms with Crippen molar-refractivity contribution in [1.82, 2.24) is 4.98 Å². The molecule has 26 heavy (non-hydrogen) atoms. The summed E-state index contributed by atoms with van der Waals surface area (Å²) in [6.07, 6.45) is -4.78. The monoisotopic (exact) mass is 447 g/mol. The van der Waals surface area contributed by atoms with E-state index in [0.717, 1.165) is 12.1 Å². The number of hydrogen-bond donors (Lipinski definition) is 1. The minimum Gasteiger partial charge on any atom is -0.368 e. The maximum absolute atomic E-state index is 14.2. The molecule has 0 saturated carbocycles. The van der Waals surface area contributed by atoms with Gasteiger partial charge in [-0.3, -0.25) is 4.79 Å². The molecule has 2 N–H and O–H groups in total. The molecule has 0 bridgehead atoms. The molecule has 0 aliphatic carbocycles. The number of hydrogen-bond acceptors (Lipinski definition) is 4. The lowest BCUT2D eigenvalue weighted by molar-refractivity contribution is -0.138. The first-order valence-electron chi connectivity index (χ1n) is 6.94. The summed E-state index contributed by atoms with van der Waals surface area (Å²) in [6, 6.07) is 6.05. The summed E-state index contributed by atoms with van der Waals surface area (Å²) in [5, 5.41) is 7.47. The summed E-state index contributed by atoms with van der Waals surface area (Å²) < 4.78 is 54.1. The molecule has 2 rings (SSSR count). The van der Waals surface area contributed by atoms with Gasteiger partial charge in [0.25, 0.3) is 0 Å². The van der Waals surface area contributed by atoms with E-state index in [1.54, 1.807) is 0 Å². The zero-order valence-corrected chi connectivity index (χ0v) is 15.5. The van der Waals surface area contributed by atoms with E-state index in [0.29, 0.717) is 16.2 Å². The van der Waals surface area contributed by atoms with E-state index in [1.165, 1.54) is 25.1 Å². The van der Waals surface area contributed by atoms with Crippen molar-refractivity contribution in [2.75, 3.05) is 0 Å². The van der Waals surface area contributed by atoms with E-state index in [9.17, 15) is 22.4 Å². The number of nitrogens with two attached hydrogens (primary N) is 1. The number of pyridine rings is 1. The third-order valence-corrected chi connectivity index (χ3v) is 5.00. The number of benzene rings is 1. The molecular formula is C16H10BrF4N3OS. The molecule has 0 spiro atoms. The van der Waals surface area contributed by atoms with Crippen molar-refractivity contribution in [1.29, 1.82) is 5.26 Å². The molecule has 1 aromatic carbocycles. The van der Waals surface area contributed by atoms with Crippen molar-refractivity contribution >= 4 is 33.6 Å². The highest BCUT2D eigenvalue weighted by Gasteiger charge is 2.36. The van der Waals surface area contributed by atoms with E-state index in [-0.39, 0.29) is 16.3 Å². The molecule has 0 saturated heterocycles. The number of nitrogens with zero attached hydrogens (tertiary/aromatic N) is 2. The van der Waals surface area contributed by atoms with Gasteiger partial charge in [-0.05, 0) is 25.1 Å². The van der Waals surface area contributed by atoms with Gasteiger partial charge < -0.3 is 5.73 Å². The summed E-state index contributed by atoms with van der Waals surface area (Å²) >= 11 is 3.57. The van der Waals surface area contributed by atoms with E-state index >= 15 is 0 Å². The van der Waals surface area contributed by atoms with Crippen LogP contribution in [-0.2, 0) is 11.0 Å². The number of alkyl halides is 3. The van der Waals surface area contributed by atoms with Gasteiger partial charge in [0, 0.05) is 15.7 Å². The summed E-state index contributed by atoms with van der Waals surface area (Å²) in [4.78, 5) is 15.7. The Morgan fingerprint density at radius 1 is 1.38 bits per heavy atom. The maximum atomic E-state index is 14.2. The molecule has 1 amide bonds. The van der Waals surface area contributed by atoms with Crippen LogP contribution in [0.5, 0.6) is 0 Å². The Labute approximate surface area is 158 Å². The number of aryl methyl sites for hydroxylation is 1. The van der Waals surface area contributed by atoms with Crippen LogP contribution in [0.2, 0.25) is 0 Å². The van der Waals surface area contributed by atoms with Crippen molar-refractivity contribution < 1.29 is 22.4 Å². The van der Waals surface area contributed by atoms with Gasteiger partial charge >= 0.3 is 6.18 Å². The maximum Gasteiger partial charge on any atom is 0.417 e. The van der Waals surface area contributed by atoms with E-state index in [2.05, 4.69) is 20.9 Å². The molecule has 0 unspecified atom stereocenters. The van der Waals surface area contributed by atoms with Gasteiger partial charge in [0.2, 0.25) is 5.91 Å². The zero-order valence-electron chi connectivity index (χ0n) is 13.1. The third kappa shape index (κ3) is 4.34. The van der Waals surface area contributed by atoms with Gasteiger partial charge in [0.15, 0.2) is 0 Å². The second-order valence-electron chi connectivity index (χ2n) is 5.17. The smallest absolute Gasteiger partial charge is 0.368 e. The number of nitriles is 1. The van der Waals surface area contributed by atoms with Crippen LogP contribution in [0.4, 0.5) is 17.6 Å².